The van der Waals surface area contributed by atoms with Gasteiger partial charge in [0.1, 0.15) is 11.8 Å². The van der Waals surface area contributed by atoms with Crippen LogP contribution in [0.5, 0.6) is 5.75 Å². The molecule has 0 aliphatic carbocycles. The van der Waals surface area contributed by atoms with Crippen LogP contribution in [-0.2, 0) is 20.9 Å². The first kappa shape index (κ1) is 27.2. The van der Waals surface area contributed by atoms with Crippen molar-refractivity contribution in [3.05, 3.63) is 65.2 Å². The Hall–Kier alpha value is -4.89. The summed E-state index contributed by atoms with van der Waals surface area (Å²) in [6.07, 6.45) is 0.590. The molecule has 4 rings (SSSR count). The number of carbonyl (C=O) groups excluding carboxylic acids is 3. The Kier molecular flexibility index (Phi) is 7.83. The van der Waals surface area contributed by atoms with E-state index in [1.54, 1.807) is 49.4 Å². The summed E-state index contributed by atoms with van der Waals surface area (Å²) in [7, 11) is 1.53. The lowest BCUT2D eigenvalue weighted by Gasteiger charge is -2.27. The van der Waals surface area contributed by atoms with Crippen molar-refractivity contribution in [3.8, 4) is 17.9 Å². The van der Waals surface area contributed by atoms with Gasteiger partial charge in [-0.1, -0.05) is 26.0 Å². The average molecular weight is 524 g/mol. The molecule has 0 fully saturated rings. The maximum Gasteiger partial charge on any atom is 0.251 e. The third-order valence-electron chi connectivity index (χ3n) is 7.16. The first-order valence-electron chi connectivity index (χ1n) is 12.7. The molecule has 0 aromatic heterocycles. The molecular weight excluding hydrogens is 494 g/mol. The number of carbonyl (C=O) groups is 3. The Balaban J connectivity index is 1.92. The van der Waals surface area contributed by atoms with Crippen LogP contribution in [-0.4, -0.2) is 37.4 Å². The highest BCUT2D eigenvalue weighted by atomic mass is 16.5. The fourth-order valence-corrected chi connectivity index (χ4v) is 4.78. The van der Waals surface area contributed by atoms with Gasteiger partial charge in [0.15, 0.2) is 0 Å². The van der Waals surface area contributed by atoms with E-state index in [1.165, 1.54) is 23.8 Å². The number of amides is 3. The molecule has 0 unspecified atom stereocenters. The molecule has 3 aromatic carbocycles. The highest BCUT2D eigenvalue weighted by Crippen LogP contribution is 2.38. The fraction of sp³-hybridized carbons (Fsp3) is 0.300. The lowest BCUT2D eigenvalue weighted by atomic mass is 9.98. The smallest absolute Gasteiger partial charge is 0.251 e. The van der Waals surface area contributed by atoms with Crippen LogP contribution in [0.4, 0.5) is 11.4 Å². The van der Waals surface area contributed by atoms with E-state index in [0.29, 0.717) is 45.6 Å². The normalized spacial score (nSPS) is 15.5. The van der Waals surface area contributed by atoms with Gasteiger partial charge >= 0.3 is 0 Å². The summed E-state index contributed by atoms with van der Waals surface area (Å²) in [4.78, 5) is 42.8. The number of hydrogen-bond acceptors (Lipinski definition) is 6. The van der Waals surface area contributed by atoms with Gasteiger partial charge in [-0.05, 0) is 48.2 Å². The minimum atomic E-state index is -1.02. The lowest BCUT2D eigenvalue weighted by Crippen LogP contribution is -2.53. The number of fused-ring (bicyclic) bond motifs is 2. The second kappa shape index (κ2) is 11.2. The molecule has 0 saturated carbocycles. The summed E-state index contributed by atoms with van der Waals surface area (Å²) in [5.74, 6) is -0.824. The van der Waals surface area contributed by atoms with Crippen molar-refractivity contribution in [1.82, 2.24) is 5.32 Å². The zero-order valence-electron chi connectivity index (χ0n) is 22.3. The monoisotopic (exact) mass is 523 g/mol. The second-order valence-corrected chi connectivity index (χ2v) is 9.50. The van der Waals surface area contributed by atoms with E-state index in [9.17, 15) is 24.9 Å². The first-order chi connectivity index (χ1) is 18.7. The first-order valence-corrected chi connectivity index (χ1v) is 12.7. The van der Waals surface area contributed by atoms with Gasteiger partial charge in [-0.25, -0.2) is 0 Å². The van der Waals surface area contributed by atoms with Gasteiger partial charge in [-0.3, -0.25) is 14.4 Å². The topological polar surface area (TPSA) is 127 Å². The quantitative estimate of drug-likeness (QED) is 0.520. The largest absolute Gasteiger partial charge is 0.496 e. The molecule has 198 valence electrons. The Bertz CT molecular complexity index is 1550. The van der Waals surface area contributed by atoms with Crippen LogP contribution >= 0.6 is 0 Å². The van der Waals surface area contributed by atoms with Crippen LogP contribution in [0.25, 0.3) is 10.8 Å². The number of anilines is 2. The Labute approximate surface area is 227 Å². The van der Waals surface area contributed by atoms with Crippen LogP contribution in [0.2, 0.25) is 0 Å². The molecule has 3 amide bonds. The standard InChI is InChI=1S/C30H29N5O4/c1-5-18(2)29(37)33-25-17-34(19(3)36)27-13-20(14-31)9-11-26(27)35(30(25)38)16-24-23-8-6-7-21(15-32)22(23)10-12-28(24)39-4/h6-13,18,25H,5,16-17H2,1-4H3,(H,33,37)/t18-,25+/m1/s1. The van der Waals surface area contributed by atoms with Crippen molar-refractivity contribution < 1.29 is 19.1 Å². The Morgan fingerprint density at radius 3 is 2.51 bits per heavy atom. The van der Waals surface area contributed by atoms with Crippen molar-refractivity contribution in [3.63, 3.8) is 0 Å². The van der Waals surface area contributed by atoms with Gasteiger partial charge in [-0.2, -0.15) is 10.5 Å². The summed E-state index contributed by atoms with van der Waals surface area (Å²) in [5.41, 5.74) is 2.30. The summed E-state index contributed by atoms with van der Waals surface area (Å²) in [6, 6.07) is 17.0. The molecule has 1 heterocycles. The number of ether oxygens (including phenoxy) is 1. The van der Waals surface area contributed by atoms with E-state index in [4.69, 9.17) is 4.74 Å². The van der Waals surface area contributed by atoms with Crippen LogP contribution in [0.1, 0.15) is 43.9 Å². The van der Waals surface area contributed by atoms with Crippen molar-refractivity contribution in [1.29, 1.82) is 10.5 Å². The van der Waals surface area contributed by atoms with E-state index < -0.39 is 11.9 Å². The van der Waals surface area contributed by atoms with E-state index in [-0.39, 0.29) is 30.8 Å². The van der Waals surface area contributed by atoms with E-state index >= 15 is 0 Å². The highest BCUT2D eigenvalue weighted by Gasteiger charge is 2.37. The number of methoxy groups -OCH3 is 1. The summed E-state index contributed by atoms with van der Waals surface area (Å²) in [5, 5.41) is 23.5. The highest BCUT2D eigenvalue weighted by molar-refractivity contribution is 6.08. The van der Waals surface area contributed by atoms with Crippen LogP contribution in [0, 0.1) is 28.6 Å². The zero-order valence-corrected chi connectivity index (χ0v) is 22.3. The summed E-state index contributed by atoms with van der Waals surface area (Å²) >= 11 is 0. The zero-order chi connectivity index (χ0) is 28.3. The fourth-order valence-electron chi connectivity index (χ4n) is 4.78. The third kappa shape index (κ3) is 5.12. The van der Waals surface area contributed by atoms with E-state index in [0.717, 1.165) is 5.39 Å². The van der Waals surface area contributed by atoms with E-state index in [2.05, 4.69) is 17.5 Å². The number of nitrogens with zero attached hydrogens (tertiary/aromatic N) is 4. The van der Waals surface area contributed by atoms with Crippen LogP contribution in [0.3, 0.4) is 0 Å². The molecule has 9 nitrogen and oxygen atoms in total. The van der Waals surface area contributed by atoms with Gasteiger partial charge in [0, 0.05) is 23.8 Å². The minimum Gasteiger partial charge on any atom is -0.496 e. The Morgan fingerprint density at radius 1 is 1.10 bits per heavy atom. The van der Waals surface area contributed by atoms with Gasteiger partial charge < -0.3 is 19.9 Å². The maximum absolute atomic E-state index is 14.2. The predicted molar refractivity (Wildman–Crippen MR) is 147 cm³/mol. The van der Waals surface area contributed by atoms with Gasteiger partial charge in [0.2, 0.25) is 11.8 Å². The molecule has 3 aromatic rings. The molecule has 0 radical (unpaired) electrons. The molecule has 0 bridgehead atoms. The number of nitrogens with one attached hydrogen (secondary N) is 1. The molecular formula is C30H29N5O4. The summed E-state index contributed by atoms with van der Waals surface area (Å²) < 4.78 is 5.66. The average Bonchev–Trinajstić information content (AvgIpc) is 3.06. The SMILES string of the molecule is CC[C@@H](C)C(=O)N[C@H]1CN(C(C)=O)c2cc(C#N)ccc2N(Cc2c(OC)ccc3c(C#N)cccc23)C1=O. The third-order valence-corrected chi connectivity index (χ3v) is 7.16. The van der Waals surface area contributed by atoms with E-state index in [1.807, 2.05) is 13.0 Å². The van der Waals surface area contributed by atoms with Crippen molar-refractivity contribution in [2.75, 3.05) is 23.5 Å². The number of nitriles is 2. The van der Waals surface area contributed by atoms with Crippen molar-refractivity contribution >= 4 is 39.9 Å². The molecule has 0 spiro atoms. The molecule has 0 saturated heterocycles. The lowest BCUT2D eigenvalue weighted by molar-refractivity contribution is -0.129. The second-order valence-electron chi connectivity index (χ2n) is 9.50. The van der Waals surface area contributed by atoms with Crippen molar-refractivity contribution in [2.45, 2.75) is 39.8 Å². The van der Waals surface area contributed by atoms with Crippen molar-refractivity contribution in [2.24, 2.45) is 5.92 Å². The Morgan fingerprint density at radius 2 is 1.87 bits per heavy atom. The van der Waals surface area contributed by atoms with Gasteiger partial charge in [0.25, 0.3) is 5.91 Å². The molecule has 1 N–H and O–H groups in total. The molecule has 9 heteroatoms. The van der Waals surface area contributed by atoms with Crippen LogP contribution in [0.15, 0.2) is 48.5 Å². The molecule has 39 heavy (non-hydrogen) atoms. The molecule has 1 aliphatic heterocycles. The van der Waals surface area contributed by atoms with Crippen LogP contribution < -0.4 is 19.9 Å². The number of rotatable bonds is 6. The summed E-state index contributed by atoms with van der Waals surface area (Å²) in [6.45, 7) is 5.00. The minimum absolute atomic E-state index is 0.0363. The maximum atomic E-state index is 14.2. The van der Waals surface area contributed by atoms with Gasteiger partial charge in [0.05, 0.1) is 54.8 Å². The van der Waals surface area contributed by atoms with Gasteiger partial charge in [-0.15, -0.1) is 0 Å². The number of hydrogen-bond donors (Lipinski definition) is 1. The predicted octanol–water partition coefficient (Wildman–Crippen LogP) is 4.02. The number of benzene rings is 3. The molecule has 2 atom stereocenters. The molecule has 1 aliphatic rings.